The van der Waals surface area contributed by atoms with E-state index in [1.807, 2.05) is 51.1 Å². The number of rotatable bonds is 8. The molecule has 41 heavy (non-hydrogen) atoms. The Morgan fingerprint density at radius 2 is 1.76 bits per heavy atom. The number of nitrogens with one attached hydrogen (secondary N) is 1. The van der Waals surface area contributed by atoms with Crippen molar-refractivity contribution in [1.29, 1.82) is 0 Å². The van der Waals surface area contributed by atoms with Crippen molar-refractivity contribution < 1.29 is 14.3 Å². The Kier molecular flexibility index (Phi) is 8.23. The number of anilines is 2. The van der Waals surface area contributed by atoms with E-state index in [0.29, 0.717) is 42.8 Å². The van der Waals surface area contributed by atoms with Crippen LogP contribution in [0.15, 0.2) is 54.7 Å². The van der Waals surface area contributed by atoms with Gasteiger partial charge in [0.25, 0.3) is 0 Å². The quantitative estimate of drug-likeness (QED) is 0.326. The first-order chi connectivity index (χ1) is 19.5. The molecule has 1 saturated carbocycles. The number of carbonyl (C=O) groups is 2. The van der Waals surface area contributed by atoms with Crippen LogP contribution in [0.5, 0.6) is 0 Å². The monoisotopic (exact) mass is 575 g/mol. The second-order valence-corrected chi connectivity index (χ2v) is 12.5. The van der Waals surface area contributed by atoms with Crippen LogP contribution in [-0.2, 0) is 27.8 Å². The van der Waals surface area contributed by atoms with Crippen LogP contribution in [0, 0.1) is 0 Å². The van der Waals surface area contributed by atoms with E-state index in [4.69, 9.17) is 27.1 Å². The molecular weight excluding hydrogens is 538 g/mol. The fourth-order valence-electron chi connectivity index (χ4n) is 5.56. The third-order valence-electron chi connectivity index (χ3n) is 7.99. The Morgan fingerprint density at radius 1 is 1.07 bits per heavy atom. The molecule has 2 aromatic carbocycles. The third-order valence-corrected chi connectivity index (χ3v) is 8.30. The Morgan fingerprint density at radius 3 is 2.39 bits per heavy atom. The Hall–Kier alpha value is -3.65. The highest BCUT2D eigenvalue weighted by Gasteiger charge is 2.50. The van der Waals surface area contributed by atoms with E-state index < -0.39 is 11.0 Å². The van der Waals surface area contributed by atoms with Crippen molar-refractivity contribution in [3.63, 3.8) is 0 Å². The number of halogens is 1. The number of likely N-dealkylation sites (tertiary alicyclic amines) is 1. The SMILES string of the molecule is CC(C)(C)OC(=O)N1CCC(c2ccc(Nc3ncc(Cl)c(CCc4ccccc4C4(C(N)=O)CC4)n3)cc2)CC1. The van der Waals surface area contributed by atoms with E-state index in [-0.39, 0.29) is 12.0 Å². The van der Waals surface area contributed by atoms with Crippen molar-refractivity contribution in [2.24, 2.45) is 5.73 Å². The first-order valence-electron chi connectivity index (χ1n) is 14.3. The molecule has 2 amide bonds. The average molecular weight is 576 g/mol. The normalized spacial score (nSPS) is 16.7. The zero-order valence-electron chi connectivity index (χ0n) is 24.0. The van der Waals surface area contributed by atoms with Gasteiger partial charge < -0.3 is 20.7 Å². The summed E-state index contributed by atoms with van der Waals surface area (Å²) in [6, 6.07) is 16.3. The molecule has 1 aliphatic heterocycles. The van der Waals surface area contributed by atoms with Gasteiger partial charge in [0.2, 0.25) is 11.9 Å². The van der Waals surface area contributed by atoms with Gasteiger partial charge in [-0.15, -0.1) is 0 Å². The van der Waals surface area contributed by atoms with E-state index in [2.05, 4.69) is 28.5 Å². The summed E-state index contributed by atoms with van der Waals surface area (Å²) >= 11 is 6.47. The van der Waals surface area contributed by atoms with Gasteiger partial charge in [-0.25, -0.2) is 14.8 Å². The molecule has 0 bridgehead atoms. The number of aromatic nitrogens is 2. The highest BCUT2D eigenvalue weighted by atomic mass is 35.5. The summed E-state index contributed by atoms with van der Waals surface area (Å²) in [6.07, 6.45) is 6.10. The number of benzene rings is 2. The lowest BCUT2D eigenvalue weighted by atomic mass is 9.88. The first-order valence-corrected chi connectivity index (χ1v) is 14.7. The summed E-state index contributed by atoms with van der Waals surface area (Å²) in [5, 5.41) is 3.80. The summed E-state index contributed by atoms with van der Waals surface area (Å²) in [6.45, 7) is 7.05. The van der Waals surface area contributed by atoms with Crippen molar-refractivity contribution in [2.75, 3.05) is 18.4 Å². The molecule has 2 aliphatic rings. The lowest BCUT2D eigenvalue weighted by Crippen LogP contribution is -2.41. The maximum Gasteiger partial charge on any atom is 0.410 e. The van der Waals surface area contributed by atoms with Crippen LogP contribution in [0.1, 0.15) is 74.8 Å². The van der Waals surface area contributed by atoms with Gasteiger partial charge in [-0.05, 0) is 94.0 Å². The number of amides is 2. The maximum absolute atomic E-state index is 12.4. The van der Waals surface area contributed by atoms with Gasteiger partial charge in [0, 0.05) is 18.8 Å². The Labute approximate surface area is 246 Å². The molecule has 0 atom stereocenters. The largest absolute Gasteiger partial charge is 0.444 e. The fraction of sp³-hybridized carbons (Fsp3) is 0.438. The van der Waals surface area contributed by atoms with Crippen LogP contribution < -0.4 is 11.1 Å². The number of piperidine rings is 1. The molecule has 2 fully saturated rings. The summed E-state index contributed by atoms with van der Waals surface area (Å²) in [4.78, 5) is 35.4. The third kappa shape index (κ3) is 6.81. The van der Waals surface area contributed by atoms with Crippen LogP contribution in [0.4, 0.5) is 16.4 Å². The standard InChI is InChI=1S/C32H38ClN5O3/c1-31(2,3)41-30(40)38-18-14-22(15-19-38)21-8-11-24(12-9-21)36-29-35-20-26(33)27(37-29)13-10-23-6-4-5-7-25(23)32(16-17-32)28(34)39/h4-9,11-12,20,22H,10,13-19H2,1-3H3,(H2,34,39)(H,35,36,37). The van der Waals surface area contributed by atoms with Gasteiger partial charge >= 0.3 is 6.09 Å². The van der Waals surface area contributed by atoms with Gasteiger partial charge in [-0.3, -0.25) is 4.79 Å². The van der Waals surface area contributed by atoms with E-state index in [0.717, 1.165) is 48.2 Å². The van der Waals surface area contributed by atoms with Crippen molar-refractivity contribution in [3.05, 3.63) is 82.1 Å². The van der Waals surface area contributed by atoms with Crippen molar-refractivity contribution in [1.82, 2.24) is 14.9 Å². The van der Waals surface area contributed by atoms with Crippen LogP contribution in [0.25, 0.3) is 0 Å². The summed E-state index contributed by atoms with van der Waals surface area (Å²) in [7, 11) is 0. The number of aryl methyl sites for hydroxylation is 2. The van der Waals surface area contributed by atoms with E-state index >= 15 is 0 Å². The highest BCUT2D eigenvalue weighted by Crippen LogP contribution is 2.49. The van der Waals surface area contributed by atoms with Crippen LogP contribution >= 0.6 is 11.6 Å². The maximum atomic E-state index is 12.4. The number of nitrogens with zero attached hydrogens (tertiary/aromatic N) is 3. The second-order valence-electron chi connectivity index (χ2n) is 12.1. The van der Waals surface area contributed by atoms with E-state index in [9.17, 15) is 9.59 Å². The van der Waals surface area contributed by atoms with Crippen molar-refractivity contribution in [3.8, 4) is 0 Å². The smallest absolute Gasteiger partial charge is 0.410 e. The average Bonchev–Trinajstić information content (AvgIpc) is 3.76. The van der Waals surface area contributed by atoms with Gasteiger partial charge in [-0.2, -0.15) is 0 Å². The molecule has 0 radical (unpaired) electrons. The van der Waals surface area contributed by atoms with Crippen LogP contribution in [0.2, 0.25) is 5.02 Å². The van der Waals surface area contributed by atoms with E-state index in [1.165, 1.54) is 5.56 Å². The molecule has 1 aliphatic carbocycles. The molecule has 3 aromatic rings. The first kappa shape index (κ1) is 28.9. The minimum absolute atomic E-state index is 0.237. The molecule has 216 valence electrons. The highest BCUT2D eigenvalue weighted by molar-refractivity contribution is 6.31. The Bertz CT molecular complexity index is 1410. The van der Waals surface area contributed by atoms with E-state index in [1.54, 1.807) is 11.1 Å². The van der Waals surface area contributed by atoms with Crippen LogP contribution in [0.3, 0.4) is 0 Å². The predicted molar refractivity (Wildman–Crippen MR) is 161 cm³/mol. The molecule has 0 spiro atoms. The number of hydrogen-bond acceptors (Lipinski definition) is 6. The fourth-order valence-corrected chi connectivity index (χ4v) is 5.74. The molecule has 1 saturated heterocycles. The van der Waals surface area contributed by atoms with Crippen molar-refractivity contribution in [2.45, 2.75) is 76.2 Å². The molecule has 2 heterocycles. The lowest BCUT2D eigenvalue weighted by molar-refractivity contribution is -0.120. The molecule has 1 aromatic heterocycles. The van der Waals surface area contributed by atoms with Gasteiger partial charge in [0.05, 0.1) is 22.3 Å². The molecule has 0 unspecified atom stereocenters. The zero-order valence-corrected chi connectivity index (χ0v) is 24.7. The molecule has 8 nitrogen and oxygen atoms in total. The number of hydrogen-bond donors (Lipinski definition) is 2. The molecule has 5 rings (SSSR count). The number of carbonyl (C=O) groups excluding carboxylic acids is 2. The van der Waals surface area contributed by atoms with Crippen molar-refractivity contribution >= 4 is 35.2 Å². The topological polar surface area (TPSA) is 110 Å². The lowest BCUT2D eigenvalue weighted by Gasteiger charge is -2.33. The second kappa shape index (κ2) is 11.7. The van der Waals surface area contributed by atoms with Gasteiger partial charge in [0.1, 0.15) is 5.60 Å². The zero-order chi connectivity index (χ0) is 29.2. The number of nitrogens with two attached hydrogens (primary N) is 1. The van der Waals surface area contributed by atoms with Gasteiger partial charge in [-0.1, -0.05) is 48.0 Å². The number of ether oxygens (including phenoxy) is 1. The number of primary amides is 1. The predicted octanol–water partition coefficient (Wildman–Crippen LogP) is 6.29. The van der Waals surface area contributed by atoms with Crippen LogP contribution in [-0.4, -0.2) is 45.6 Å². The Balaban J connectivity index is 1.19. The summed E-state index contributed by atoms with van der Waals surface area (Å²) in [5.41, 5.74) is 9.72. The molecule has 9 heteroatoms. The summed E-state index contributed by atoms with van der Waals surface area (Å²) in [5.74, 6) is 0.619. The molecule has 3 N–H and O–H groups in total. The van der Waals surface area contributed by atoms with Gasteiger partial charge in [0.15, 0.2) is 0 Å². The summed E-state index contributed by atoms with van der Waals surface area (Å²) < 4.78 is 5.52. The molecular formula is C32H38ClN5O3. The minimum atomic E-state index is -0.528. The minimum Gasteiger partial charge on any atom is -0.444 e.